The Morgan fingerprint density at radius 3 is 2.73 bits per heavy atom. The summed E-state index contributed by atoms with van der Waals surface area (Å²) in [6.07, 6.45) is 9.63. The topological polar surface area (TPSA) is 32.8 Å². The van der Waals surface area contributed by atoms with Gasteiger partial charge in [0.2, 0.25) is 0 Å². The normalized spacial score (nSPS) is 21.6. The number of likely N-dealkylation sites (tertiary alicyclic amines) is 2. The van der Waals surface area contributed by atoms with Crippen molar-refractivity contribution in [2.24, 2.45) is 0 Å². The molecule has 0 N–H and O–H groups in total. The van der Waals surface area contributed by atoms with Crippen LogP contribution >= 0.6 is 0 Å². The summed E-state index contributed by atoms with van der Waals surface area (Å²) in [5.74, 6) is 0.981. The van der Waals surface area contributed by atoms with Crippen LogP contribution in [0.2, 0.25) is 0 Å². The molecule has 2 fully saturated rings. The Morgan fingerprint density at radius 1 is 1.12 bits per heavy atom. The van der Waals surface area contributed by atoms with Gasteiger partial charge >= 0.3 is 0 Å². The third-order valence-corrected chi connectivity index (χ3v) is 5.67. The van der Waals surface area contributed by atoms with Gasteiger partial charge in [-0.3, -0.25) is 4.79 Å². The molecule has 0 aliphatic carbocycles. The van der Waals surface area contributed by atoms with Crippen molar-refractivity contribution in [1.82, 2.24) is 9.80 Å². The van der Waals surface area contributed by atoms with E-state index in [0.717, 1.165) is 50.1 Å². The summed E-state index contributed by atoms with van der Waals surface area (Å²) in [5.41, 5.74) is 0.767. The zero-order chi connectivity index (χ0) is 18.2. The Morgan fingerprint density at radius 2 is 1.92 bits per heavy atom. The van der Waals surface area contributed by atoms with Crippen molar-refractivity contribution >= 4 is 5.91 Å². The summed E-state index contributed by atoms with van der Waals surface area (Å²) in [4.78, 5) is 17.9. The molecule has 3 rings (SSSR count). The minimum atomic E-state index is 0.176. The molecule has 2 heterocycles. The van der Waals surface area contributed by atoms with Crippen LogP contribution in [0.15, 0.2) is 24.3 Å². The zero-order valence-electron chi connectivity index (χ0n) is 16.3. The number of carbonyl (C=O) groups excluding carboxylic acids is 1. The van der Waals surface area contributed by atoms with E-state index in [4.69, 9.17) is 4.74 Å². The number of piperidine rings is 2. The van der Waals surface area contributed by atoms with Gasteiger partial charge in [-0.1, -0.05) is 19.4 Å². The van der Waals surface area contributed by atoms with Crippen LogP contribution in [0.5, 0.6) is 5.75 Å². The smallest absolute Gasteiger partial charge is 0.254 e. The van der Waals surface area contributed by atoms with E-state index < -0.39 is 0 Å². The average molecular weight is 359 g/mol. The quantitative estimate of drug-likeness (QED) is 0.726. The molecule has 1 atom stereocenters. The predicted molar refractivity (Wildman–Crippen MR) is 106 cm³/mol. The highest BCUT2D eigenvalue weighted by Gasteiger charge is 2.28. The molecule has 26 heavy (non-hydrogen) atoms. The Labute approximate surface area is 158 Å². The molecule has 144 valence electrons. The average Bonchev–Trinajstić information content (AvgIpc) is 2.71. The molecule has 4 heteroatoms. The first-order chi connectivity index (χ1) is 12.8. The molecule has 1 amide bonds. The van der Waals surface area contributed by atoms with Gasteiger partial charge < -0.3 is 14.5 Å². The third-order valence-electron chi connectivity index (χ3n) is 5.67. The third kappa shape index (κ3) is 5.23. The molecule has 0 bridgehead atoms. The van der Waals surface area contributed by atoms with E-state index in [1.54, 1.807) is 0 Å². The highest BCUT2D eigenvalue weighted by molar-refractivity contribution is 5.94. The van der Waals surface area contributed by atoms with E-state index in [2.05, 4.69) is 16.7 Å². The van der Waals surface area contributed by atoms with Gasteiger partial charge in [-0.15, -0.1) is 0 Å². The molecule has 2 saturated heterocycles. The van der Waals surface area contributed by atoms with Crippen LogP contribution in [0.25, 0.3) is 0 Å². The lowest BCUT2D eigenvalue weighted by molar-refractivity contribution is 0.0579. The lowest BCUT2D eigenvalue weighted by Crippen LogP contribution is -2.45. The molecule has 2 aliphatic rings. The van der Waals surface area contributed by atoms with Crippen LogP contribution in [0.3, 0.4) is 0 Å². The second-order valence-corrected chi connectivity index (χ2v) is 7.72. The molecule has 2 aliphatic heterocycles. The number of rotatable bonds is 7. The lowest BCUT2D eigenvalue weighted by Gasteiger charge is -2.37. The van der Waals surface area contributed by atoms with Crippen LogP contribution < -0.4 is 4.74 Å². The number of carbonyl (C=O) groups is 1. The fourth-order valence-electron chi connectivity index (χ4n) is 4.19. The molecular formula is C22H34N2O2. The standard InChI is InChI=1S/C22H34N2O2/c1-2-17-26-21-11-8-9-19(18-21)22(25)24-15-7-4-10-20(24)12-16-23-13-5-3-6-14-23/h8-9,11,18,20H,2-7,10,12-17H2,1H3/t20-/m1/s1. The Hall–Kier alpha value is -1.55. The van der Waals surface area contributed by atoms with Crippen molar-refractivity contribution in [3.63, 3.8) is 0 Å². The monoisotopic (exact) mass is 358 g/mol. The van der Waals surface area contributed by atoms with Gasteiger partial charge in [0.1, 0.15) is 5.75 Å². The summed E-state index contributed by atoms with van der Waals surface area (Å²) >= 11 is 0. The summed E-state index contributed by atoms with van der Waals surface area (Å²) < 4.78 is 5.71. The summed E-state index contributed by atoms with van der Waals surface area (Å²) in [6, 6.07) is 8.10. The maximum absolute atomic E-state index is 13.1. The van der Waals surface area contributed by atoms with E-state index in [1.165, 1.54) is 38.8 Å². The van der Waals surface area contributed by atoms with Gasteiger partial charge in [0.15, 0.2) is 0 Å². The maximum atomic E-state index is 13.1. The van der Waals surface area contributed by atoms with Crippen LogP contribution in [0.4, 0.5) is 0 Å². The lowest BCUT2D eigenvalue weighted by atomic mass is 9.97. The zero-order valence-corrected chi connectivity index (χ0v) is 16.3. The van der Waals surface area contributed by atoms with Crippen molar-refractivity contribution < 1.29 is 9.53 Å². The molecule has 0 aromatic heterocycles. The number of hydrogen-bond acceptors (Lipinski definition) is 3. The molecule has 1 aromatic rings. The fourth-order valence-corrected chi connectivity index (χ4v) is 4.19. The van der Waals surface area contributed by atoms with E-state index >= 15 is 0 Å². The molecule has 0 saturated carbocycles. The highest BCUT2D eigenvalue weighted by atomic mass is 16.5. The van der Waals surface area contributed by atoms with E-state index in [0.29, 0.717) is 12.6 Å². The number of benzene rings is 1. The van der Waals surface area contributed by atoms with E-state index in [9.17, 15) is 4.79 Å². The van der Waals surface area contributed by atoms with Gasteiger partial charge in [-0.2, -0.15) is 0 Å². The number of hydrogen-bond donors (Lipinski definition) is 0. The van der Waals surface area contributed by atoms with Crippen molar-refractivity contribution in [2.45, 2.75) is 64.3 Å². The second-order valence-electron chi connectivity index (χ2n) is 7.72. The minimum absolute atomic E-state index is 0.176. The summed E-state index contributed by atoms with van der Waals surface area (Å²) in [6.45, 7) is 7.28. The maximum Gasteiger partial charge on any atom is 0.254 e. The van der Waals surface area contributed by atoms with Crippen LogP contribution in [-0.4, -0.2) is 54.5 Å². The van der Waals surface area contributed by atoms with E-state index in [1.807, 2.05) is 24.3 Å². The van der Waals surface area contributed by atoms with Gasteiger partial charge in [-0.25, -0.2) is 0 Å². The van der Waals surface area contributed by atoms with Crippen LogP contribution in [0, 0.1) is 0 Å². The molecule has 0 unspecified atom stereocenters. The summed E-state index contributed by atoms with van der Waals surface area (Å²) in [5, 5.41) is 0. The highest BCUT2D eigenvalue weighted by Crippen LogP contribution is 2.24. The van der Waals surface area contributed by atoms with E-state index in [-0.39, 0.29) is 5.91 Å². The molecule has 1 aromatic carbocycles. The minimum Gasteiger partial charge on any atom is -0.494 e. The Balaban J connectivity index is 1.61. The molecule has 4 nitrogen and oxygen atoms in total. The first kappa shape index (κ1) is 19.2. The Bertz CT molecular complexity index is 569. The first-order valence-corrected chi connectivity index (χ1v) is 10.5. The molecule has 0 radical (unpaired) electrons. The number of nitrogens with zero attached hydrogens (tertiary/aromatic N) is 2. The summed E-state index contributed by atoms with van der Waals surface area (Å²) in [7, 11) is 0. The van der Waals surface area contributed by atoms with Crippen LogP contribution in [-0.2, 0) is 0 Å². The second kappa shape index (κ2) is 9.96. The first-order valence-electron chi connectivity index (χ1n) is 10.5. The fraction of sp³-hybridized carbons (Fsp3) is 0.682. The molecular weight excluding hydrogens is 324 g/mol. The van der Waals surface area contributed by atoms with Crippen molar-refractivity contribution in [3.8, 4) is 5.75 Å². The van der Waals surface area contributed by atoms with Crippen molar-refractivity contribution in [2.75, 3.05) is 32.8 Å². The van der Waals surface area contributed by atoms with Gasteiger partial charge in [0.05, 0.1) is 6.61 Å². The van der Waals surface area contributed by atoms with Crippen molar-refractivity contribution in [3.05, 3.63) is 29.8 Å². The largest absolute Gasteiger partial charge is 0.494 e. The van der Waals surface area contributed by atoms with Crippen LogP contribution in [0.1, 0.15) is 68.6 Å². The van der Waals surface area contributed by atoms with Gasteiger partial charge in [0.25, 0.3) is 5.91 Å². The van der Waals surface area contributed by atoms with Gasteiger partial charge in [0, 0.05) is 24.7 Å². The number of ether oxygens (including phenoxy) is 1. The molecule has 0 spiro atoms. The van der Waals surface area contributed by atoms with Gasteiger partial charge in [-0.05, 0) is 76.2 Å². The predicted octanol–water partition coefficient (Wildman–Crippen LogP) is 4.35. The Kier molecular flexibility index (Phi) is 7.36. The SMILES string of the molecule is CCCOc1cccc(C(=O)N2CCCC[C@@H]2CCN2CCCCC2)c1. The van der Waals surface area contributed by atoms with Crippen molar-refractivity contribution in [1.29, 1.82) is 0 Å². The number of amides is 1.